The molecule has 0 bridgehead atoms. The van der Waals surface area contributed by atoms with Crippen molar-refractivity contribution in [3.05, 3.63) is 34.3 Å². The molecule has 0 atom stereocenters. The van der Waals surface area contributed by atoms with Gasteiger partial charge in [0.15, 0.2) is 0 Å². The lowest BCUT2D eigenvalue weighted by Crippen LogP contribution is -2.23. The van der Waals surface area contributed by atoms with E-state index in [9.17, 15) is 8.42 Å². The lowest BCUT2D eigenvalue weighted by atomic mass is 10.3. The summed E-state index contributed by atoms with van der Waals surface area (Å²) in [5, 5.41) is 0.892. The van der Waals surface area contributed by atoms with Crippen molar-refractivity contribution in [1.29, 1.82) is 0 Å². The van der Waals surface area contributed by atoms with Crippen LogP contribution in [-0.4, -0.2) is 27.6 Å². The first-order valence-electron chi connectivity index (χ1n) is 6.09. The zero-order valence-electron chi connectivity index (χ0n) is 11.9. The molecule has 8 heteroatoms. The van der Waals surface area contributed by atoms with Gasteiger partial charge in [0.2, 0.25) is 10.0 Å². The van der Waals surface area contributed by atoms with Gasteiger partial charge in [-0.15, -0.1) is 11.3 Å². The second kappa shape index (κ2) is 6.42. The van der Waals surface area contributed by atoms with E-state index in [0.717, 1.165) is 9.88 Å². The normalized spacial score (nSPS) is 11.4. The third kappa shape index (κ3) is 3.72. The molecule has 0 saturated carbocycles. The van der Waals surface area contributed by atoms with Crippen LogP contribution in [0.25, 0.3) is 0 Å². The molecule has 0 aliphatic heterocycles. The molecule has 0 amide bonds. The van der Waals surface area contributed by atoms with Crippen molar-refractivity contribution in [1.82, 2.24) is 9.71 Å². The molecule has 1 N–H and O–H groups in total. The van der Waals surface area contributed by atoms with Crippen molar-refractivity contribution in [2.75, 3.05) is 14.2 Å². The molecule has 0 saturated heterocycles. The maximum absolute atomic E-state index is 12.4. The predicted octanol–water partition coefficient (Wildman–Crippen LogP) is 1.95. The summed E-state index contributed by atoms with van der Waals surface area (Å²) in [6, 6.07) is 4.63. The number of hydrogen-bond acceptors (Lipinski definition) is 6. The molecule has 21 heavy (non-hydrogen) atoms. The summed E-state index contributed by atoms with van der Waals surface area (Å²) in [5.74, 6) is 0.716. The zero-order valence-corrected chi connectivity index (χ0v) is 13.5. The second-order valence-electron chi connectivity index (χ2n) is 4.19. The lowest BCUT2D eigenvalue weighted by Gasteiger charge is -2.11. The van der Waals surface area contributed by atoms with Gasteiger partial charge in [-0.1, -0.05) is 0 Å². The van der Waals surface area contributed by atoms with Crippen LogP contribution in [-0.2, 0) is 16.6 Å². The highest BCUT2D eigenvalue weighted by Gasteiger charge is 2.20. The van der Waals surface area contributed by atoms with Gasteiger partial charge in [0, 0.05) is 23.7 Å². The Morgan fingerprint density at radius 2 is 2.05 bits per heavy atom. The Balaban J connectivity index is 2.26. The number of nitrogens with one attached hydrogen (secondary N) is 1. The SMILES string of the molecule is COc1ccc(OC)c(S(=O)(=O)NCc2cnc(C)s2)c1. The van der Waals surface area contributed by atoms with Crippen LogP contribution in [0.3, 0.4) is 0 Å². The Hall–Kier alpha value is -1.64. The fourth-order valence-corrected chi connectivity index (χ4v) is 3.74. The first-order valence-corrected chi connectivity index (χ1v) is 8.39. The Morgan fingerprint density at radius 1 is 1.29 bits per heavy atom. The average molecular weight is 328 g/mol. The molecule has 0 radical (unpaired) electrons. The maximum atomic E-state index is 12.4. The van der Waals surface area contributed by atoms with Crippen LogP contribution in [0.4, 0.5) is 0 Å². The second-order valence-corrected chi connectivity index (χ2v) is 7.24. The fraction of sp³-hybridized carbons (Fsp3) is 0.308. The molecule has 0 aliphatic carbocycles. The first kappa shape index (κ1) is 15.7. The zero-order chi connectivity index (χ0) is 15.5. The summed E-state index contributed by atoms with van der Waals surface area (Å²) < 4.78 is 37.5. The molecule has 114 valence electrons. The fourth-order valence-electron chi connectivity index (χ4n) is 1.72. The highest BCUT2D eigenvalue weighted by molar-refractivity contribution is 7.89. The number of ether oxygens (including phenoxy) is 2. The third-order valence-electron chi connectivity index (χ3n) is 2.77. The quantitative estimate of drug-likeness (QED) is 0.877. The summed E-state index contributed by atoms with van der Waals surface area (Å²) >= 11 is 1.45. The van der Waals surface area contributed by atoms with Crippen LogP contribution in [0.15, 0.2) is 29.3 Å². The largest absolute Gasteiger partial charge is 0.497 e. The Morgan fingerprint density at radius 3 is 2.62 bits per heavy atom. The van der Waals surface area contributed by atoms with Gasteiger partial charge in [-0.3, -0.25) is 0 Å². The van der Waals surface area contributed by atoms with E-state index in [0.29, 0.717) is 5.75 Å². The van der Waals surface area contributed by atoms with Gasteiger partial charge in [0.25, 0.3) is 0 Å². The van der Waals surface area contributed by atoms with Crippen molar-refractivity contribution in [2.45, 2.75) is 18.4 Å². The minimum atomic E-state index is -3.70. The van der Waals surface area contributed by atoms with E-state index >= 15 is 0 Å². The predicted molar refractivity (Wildman–Crippen MR) is 80.4 cm³/mol. The van der Waals surface area contributed by atoms with E-state index in [1.807, 2.05) is 6.92 Å². The number of nitrogens with zero attached hydrogens (tertiary/aromatic N) is 1. The van der Waals surface area contributed by atoms with Crippen LogP contribution < -0.4 is 14.2 Å². The maximum Gasteiger partial charge on any atom is 0.244 e. The van der Waals surface area contributed by atoms with Crippen LogP contribution >= 0.6 is 11.3 Å². The smallest absolute Gasteiger partial charge is 0.244 e. The molecule has 1 heterocycles. The summed E-state index contributed by atoms with van der Waals surface area (Å²) in [5.41, 5.74) is 0. The molecule has 2 aromatic rings. The number of methoxy groups -OCH3 is 2. The molecule has 1 aromatic carbocycles. The number of rotatable bonds is 6. The molecule has 0 fully saturated rings. The number of aryl methyl sites for hydroxylation is 1. The van der Waals surface area contributed by atoms with E-state index in [1.54, 1.807) is 18.3 Å². The van der Waals surface area contributed by atoms with Crippen molar-refractivity contribution in [3.8, 4) is 11.5 Å². The average Bonchev–Trinajstić information content (AvgIpc) is 2.90. The Labute approximate surface area is 127 Å². The standard InChI is InChI=1S/C13H16N2O4S2/c1-9-14-7-11(20-9)8-15-21(16,17)13-6-10(18-2)4-5-12(13)19-3/h4-7,15H,8H2,1-3H3. The van der Waals surface area contributed by atoms with Crippen LogP contribution in [0.2, 0.25) is 0 Å². The highest BCUT2D eigenvalue weighted by atomic mass is 32.2. The topological polar surface area (TPSA) is 77.5 Å². The van der Waals surface area contributed by atoms with E-state index in [2.05, 4.69) is 9.71 Å². The van der Waals surface area contributed by atoms with E-state index in [4.69, 9.17) is 9.47 Å². The van der Waals surface area contributed by atoms with Gasteiger partial charge in [0.05, 0.1) is 19.2 Å². The van der Waals surface area contributed by atoms with Gasteiger partial charge in [-0.25, -0.2) is 18.1 Å². The van der Waals surface area contributed by atoms with Crippen LogP contribution in [0.5, 0.6) is 11.5 Å². The molecular formula is C13H16N2O4S2. The number of benzene rings is 1. The molecule has 0 aliphatic rings. The lowest BCUT2D eigenvalue weighted by molar-refractivity contribution is 0.392. The van der Waals surface area contributed by atoms with Crippen LogP contribution in [0.1, 0.15) is 9.88 Å². The molecule has 6 nitrogen and oxygen atoms in total. The van der Waals surface area contributed by atoms with Crippen molar-refractivity contribution in [2.24, 2.45) is 0 Å². The molecule has 0 unspecified atom stereocenters. The molecular weight excluding hydrogens is 312 g/mol. The third-order valence-corrected chi connectivity index (χ3v) is 5.10. The van der Waals surface area contributed by atoms with Crippen molar-refractivity contribution in [3.63, 3.8) is 0 Å². The van der Waals surface area contributed by atoms with Gasteiger partial charge >= 0.3 is 0 Å². The monoisotopic (exact) mass is 328 g/mol. The molecule has 0 spiro atoms. The van der Waals surface area contributed by atoms with Gasteiger partial charge in [-0.05, 0) is 19.1 Å². The number of hydrogen-bond donors (Lipinski definition) is 1. The first-order chi connectivity index (χ1) is 9.96. The van der Waals surface area contributed by atoms with Crippen molar-refractivity contribution >= 4 is 21.4 Å². The van der Waals surface area contributed by atoms with E-state index < -0.39 is 10.0 Å². The Bertz CT molecular complexity index is 726. The number of thiazole rings is 1. The van der Waals surface area contributed by atoms with E-state index in [1.165, 1.54) is 31.6 Å². The Kier molecular flexibility index (Phi) is 4.81. The number of sulfonamides is 1. The van der Waals surface area contributed by atoms with E-state index in [-0.39, 0.29) is 17.2 Å². The summed E-state index contributed by atoms with van der Waals surface area (Å²) in [6.45, 7) is 2.06. The van der Waals surface area contributed by atoms with Gasteiger partial charge in [0.1, 0.15) is 16.4 Å². The highest BCUT2D eigenvalue weighted by Crippen LogP contribution is 2.28. The summed E-state index contributed by atoms with van der Waals surface area (Å²) in [6.07, 6.45) is 1.66. The van der Waals surface area contributed by atoms with Crippen LogP contribution in [0, 0.1) is 6.92 Å². The van der Waals surface area contributed by atoms with Crippen molar-refractivity contribution < 1.29 is 17.9 Å². The molecule has 2 rings (SSSR count). The minimum absolute atomic E-state index is 0.0468. The van der Waals surface area contributed by atoms with Gasteiger partial charge in [-0.2, -0.15) is 0 Å². The summed E-state index contributed by atoms with van der Waals surface area (Å²) in [4.78, 5) is 4.98. The summed E-state index contributed by atoms with van der Waals surface area (Å²) in [7, 11) is -0.799. The number of aromatic nitrogens is 1. The minimum Gasteiger partial charge on any atom is -0.497 e. The molecule has 1 aromatic heterocycles. The van der Waals surface area contributed by atoms with Gasteiger partial charge < -0.3 is 9.47 Å².